The number of nitrogens with one attached hydrogen (secondary N) is 1. The first-order chi connectivity index (χ1) is 19.7. The van der Waals surface area contributed by atoms with Gasteiger partial charge in [0.25, 0.3) is 0 Å². The van der Waals surface area contributed by atoms with Crippen molar-refractivity contribution in [1.29, 1.82) is 0 Å². The number of carbonyl (C=O) groups excluding carboxylic acids is 2. The molecule has 3 aromatic carbocycles. The lowest BCUT2D eigenvalue weighted by Crippen LogP contribution is -2.52. The van der Waals surface area contributed by atoms with Crippen LogP contribution in [0.15, 0.2) is 84.1 Å². The first-order valence-corrected chi connectivity index (χ1v) is 14.9. The summed E-state index contributed by atoms with van der Waals surface area (Å²) in [4.78, 5) is 34.2. The number of anilines is 3. The van der Waals surface area contributed by atoms with E-state index in [4.69, 9.17) is 23.2 Å². The van der Waals surface area contributed by atoms with Crippen LogP contribution < -0.4 is 15.1 Å². The number of piperazine rings is 1. The van der Waals surface area contributed by atoms with Crippen molar-refractivity contribution in [3.8, 4) is 0 Å². The summed E-state index contributed by atoms with van der Waals surface area (Å²) in [5.74, 6) is 0.0942. The predicted molar refractivity (Wildman–Crippen MR) is 167 cm³/mol. The summed E-state index contributed by atoms with van der Waals surface area (Å²) in [5.41, 5.74) is 5.04. The number of carbonyl (C=O) groups is 2. The van der Waals surface area contributed by atoms with Gasteiger partial charge in [-0.3, -0.25) is 9.59 Å². The second kappa shape index (κ2) is 11.1. The number of ketones is 1. The summed E-state index contributed by atoms with van der Waals surface area (Å²) < 4.78 is 0. The number of para-hydroxylation sites is 3. The van der Waals surface area contributed by atoms with Crippen molar-refractivity contribution in [2.75, 3.05) is 47.8 Å². The van der Waals surface area contributed by atoms with Crippen LogP contribution in [0.5, 0.6) is 0 Å². The first kappa shape index (κ1) is 27.7. The van der Waals surface area contributed by atoms with Crippen molar-refractivity contribution < 1.29 is 9.59 Å². The van der Waals surface area contributed by atoms with E-state index in [1.165, 1.54) is 5.69 Å². The Kier molecular flexibility index (Phi) is 7.47. The molecule has 1 unspecified atom stereocenters. The molecular formula is C33H34Cl2N4O2. The third-order valence-electron chi connectivity index (χ3n) is 8.32. The molecule has 212 valence electrons. The van der Waals surface area contributed by atoms with E-state index in [1.807, 2.05) is 53.4 Å². The lowest BCUT2D eigenvalue weighted by molar-refractivity contribution is -0.130. The molecule has 6 nitrogen and oxygen atoms in total. The van der Waals surface area contributed by atoms with Crippen molar-refractivity contribution in [1.82, 2.24) is 4.90 Å². The van der Waals surface area contributed by atoms with Crippen LogP contribution in [-0.2, 0) is 9.59 Å². The van der Waals surface area contributed by atoms with Crippen LogP contribution in [0.1, 0.15) is 38.3 Å². The zero-order chi connectivity index (χ0) is 28.7. The number of hydrogen-bond donors (Lipinski definition) is 1. The molecule has 2 heterocycles. The van der Waals surface area contributed by atoms with Crippen LogP contribution in [0.25, 0.3) is 0 Å². The van der Waals surface area contributed by atoms with E-state index < -0.39 is 6.04 Å². The smallest absolute Gasteiger partial charge is 0.242 e. The fourth-order valence-corrected chi connectivity index (χ4v) is 6.88. The highest BCUT2D eigenvalue weighted by Gasteiger charge is 2.43. The highest BCUT2D eigenvalue weighted by Crippen LogP contribution is 2.49. The monoisotopic (exact) mass is 588 g/mol. The lowest BCUT2D eigenvalue weighted by Gasteiger charge is -2.40. The number of halogens is 2. The average Bonchev–Trinajstić information content (AvgIpc) is 3.07. The number of Topliss-reactive ketones (excluding diaryl/α,β-unsaturated/α-hetero) is 1. The van der Waals surface area contributed by atoms with E-state index in [-0.39, 0.29) is 23.7 Å². The van der Waals surface area contributed by atoms with Crippen molar-refractivity contribution in [2.45, 2.75) is 32.7 Å². The van der Waals surface area contributed by atoms with Gasteiger partial charge in [-0.2, -0.15) is 0 Å². The van der Waals surface area contributed by atoms with Gasteiger partial charge < -0.3 is 20.0 Å². The van der Waals surface area contributed by atoms with Crippen molar-refractivity contribution in [2.24, 2.45) is 5.41 Å². The van der Waals surface area contributed by atoms with Crippen molar-refractivity contribution in [3.05, 3.63) is 99.7 Å². The van der Waals surface area contributed by atoms with Gasteiger partial charge in [0.2, 0.25) is 5.91 Å². The Morgan fingerprint density at radius 2 is 1.63 bits per heavy atom. The summed E-state index contributed by atoms with van der Waals surface area (Å²) in [6.45, 7) is 7.15. The lowest BCUT2D eigenvalue weighted by atomic mass is 9.73. The summed E-state index contributed by atoms with van der Waals surface area (Å²) in [5, 5.41) is 4.60. The van der Waals surface area contributed by atoms with Crippen LogP contribution in [0.2, 0.25) is 10.0 Å². The van der Waals surface area contributed by atoms with E-state index in [9.17, 15) is 9.59 Å². The molecule has 1 aliphatic carbocycles. The minimum atomic E-state index is -0.538. The van der Waals surface area contributed by atoms with Gasteiger partial charge in [0.1, 0.15) is 0 Å². The Bertz CT molecular complexity index is 1510. The summed E-state index contributed by atoms with van der Waals surface area (Å²) >= 11 is 13.1. The van der Waals surface area contributed by atoms with E-state index in [0.717, 1.165) is 35.7 Å². The SMILES string of the molecule is CC1(C)CC(=O)C2=C(C1)Nc1ccccc1N(CC(=O)N1CCN(c3ccccc3)CC1)C2c1ccc(Cl)cc1Cl. The first-order valence-electron chi connectivity index (χ1n) is 14.1. The number of amides is 1. The van der Waals surface area contributed by atoms with Gasteiger partial charge in [-0.15, -0.1) is 0 Å². The number of fused-ring (bicyclic) bond motifs is 1. The third kappa shape index (κ3) is 5.55. The molecule has 0 radical (unpaired) electrons. The van der Waals surface area contributed by atoms with Crippen LogP contribution in [-0.4, -0.2) is 49.3 Å². The summed E-state index contributed by atoms with van der Waals surface area (Å²) in [6.07, 6.45) is 1.14. The van der Waals surface area contributed by atoms with Gasteiger partial charge in [-0.25, -0.2) is 0 Å². The molecule has 1 saturated heterocycles. The van der Waals surface area contributed by atoms with E-state index in [1.54, 1.807) is 12.1 Å². The third-order valence-corrected chi connectivity index (χ3v) is 8.88. The molecule has 1 amide bonds. The predicted octanol–water partition coefficient (Wildman–Crippen LogP) is 6.96. The molecule has 2 aliphatic heterocycles. The Labute approximate surface area is 251 Å². The Morgan fingerprint density at radius 1 is 0.927 bits per heavy atom. The zero-order valence-corrected chi connectivity index (χ0v) is 24.9. The minimum absolute atomic E-state index is 0.0234. The molecule has 8 heteroatoms. The maximum Gasteiger partial charge on any atom is 0.242 e. The summed E-state index contributed by atoms with van der Waals surface area (Å²) in [7, 11) is 0. The normalized spacial score (nSPS) is 20.2. The molecular weight excluding hydrogens is 555 g/mol. The van der Waals surface area contributed by atoms with Crippen LogP contribution in [0.3, 0.4) is 0 Å². The quantitative estimate of drug-likeness (QED) is 0.357. The zero-order valence-electron chi connectivity index (χ0n) is 23.4. The maximum atomic E-state index is 14.0. The van der Waals surface area contributed by atoms with Gasteiger partial charge in [-0.1, -0.05) is 73.4 Å². The van der Waals surface area contributed by atoms with Gasteiger partial charge in [-0.05, 0) is 53.8 Å². The Hall–Kier alpha value is -3.48. The molecule has 1 N–H and O–H groups in total. The number of hydrogen-bond acceptors (Lipinski definition) is 5. The van der Waals surface area contributed by atoms with E-state index in [0.29, 0.717) is 41.5 Å². The van der Waals surface area contributed by atoms with Crippen LogP contribution in [0, 0.1) is 5.41 Å². The molecule has 41 heavy (non-hydrogen) atoms. The molecule has 6 rings (SSSR count). The largest absolute Gasteiger partial charge is 0.368 e. The molecule has 1 atom stereocenters. The van der Waals surface area contributed by atoms with Crippen molar-refractivity contribution in [3.63, 3.8) is 0 Å². The number of allylic oxidation sites excluding steroid dienone is 1. The topological polar surface area (TPSA) is 55.9 Å². The van der Waals surface area contributed by atoms with Crippen LogP contribution >= 0.6 is 23.2 Å². The Balaban J connectivity index is 1.38. The number of rotatable bonds is 4. The molecule has 3 aromatic rings. The fourth-order valence-electron chi connectivity index (χ4n) is 6.37. The maximum absolute atomic E-state index is 14.0. The molecule has 0 spiro atoms. The molecule has 1 fully saturated rings. The average molecular weight is 590 g/mol. The second-order valence-electron chi connectivity index (χ2n) is 11.9. The van der Waals surface area contributed by atoms with Gasteiger partial charge in [0.15, 0.2) is 5.78 Å². The van der Waals surface area contributed by atoms with Crippen LogP contribution in [0.4, 0.5) is 17.1 Å². The molecule has 3 aliphatic rings. The minimum Gasteiger partial charge on any atom is -0.368 e. The highest BCUT2D eigenvalue weighted by atomic mass is 35.5. The molecule has 0 aromatic heterocycles. The van der Waals surface area contributed by atoms with Gasteiger partial charge in [0.05, 0.1) is 24.0 Å². The van der Waals surface area contributed by atoms with Gasteiger partial charge >= 0.3 is 0 Å². The van der Waals surface area contributed by atoms with E-state index >= 15 is 0 Å². The molecule has 0 saturated carbocycles. The molecule has 0 bridgehead atoms. The number of benzene rings is 3. The summed E-state index contributed by atoms with van der Waals surface area (Å²) in [6, 6.07) is 23.1. The van der Waals surface area contributed by atoms with Gasteiger partial charge in [0, 0.05) is 59.6 Å². The number of nitrogens with zero attached hydrogens (tertiary/aromatic N) is 3. The van der Waals surface area contributed by atoms with E-state index in [2.05, 4.69) is 41.1 Å². The highest BCUT2D eigenvalue weighted by molar-refractivity contribution is 6.35. The Morgan fingerprint density at radius 3 is 2.37 bits per heavy atom. The van der Waals surface area contributed by atoms with Crippen molar-refractivity contribution >= 4 is 52.0 Å². The second-order valence-corrected chi connectivity index (χ2v) is 12.7. The fraction of sp³-hybridized carbons (Fsp3) is 0.333. The standard InChI is InChI=1S/C33H34Cl2N4O2/c1-33(2)19-27-31(29(40)20-33)32(24-13-12-22(34)18-25(24)35)39(28-11-7-6-10-26(28)36-27)21-30(41)38-16-14-37(15-17-38)23-8-4-3-5-9-23/h3-13,18,32,36H,14-17,19-21H2,1-2H3.